The van der Waals surface area contributed by atoms with Gasteiger partial charge in [0.1, 0.15) is 0 Å². The van der Waals surface area contributed by atoms with Gasteiger partial charge in [-0.1, -0.05) is 24.3 Å². The Hall–Kier alpha value is -3.10. The predicted octanol–water partition coefficient (Wildman–Crippen LogP) is 2.27. The van der Waals surface area contributed by atoms with Crippen molar-refractivity contribution in [3.63, 3.8) is 0 Å². The normalized spacial score (nSPS) is 15.4. The lowest BCUT2D eigenvalue weighted by atomic mass is 10.0. The minimum Gasteiger partial charge on any atom is -0.450 e. The van der Waals surface area contributed by atoms with Crippen LogP contribution in [-0.4, -0.2) is 65.1 Å². The van der Waals surface area contributed by atoms with Gasteiger partial charge in [0.2, 0.25) is 0 Å². The third kappa shape index (κ3) is 3.96. The van der Waals surface area contributed by atoms with Crippen molar-refractivity contribution in [3.05, 3.63) is 54.4 Å². The summed E-state index contributed by atoms with van der Waals surface area (Å²) in [7, 11) is 0. The number of piperazine rings is 1. The lowest BCUT2D eigenvalue weighted by Gasteiger charge is -2.35. The number of anilines is 1. The maximum atomic E-state index is 11.9. The number of nitrogens with zero attached hydrogens (tertiary/aromatic N) is 4. The fourth-order valence-electron chi connectivity index (χ4n) is 3.80. The molecule has 0 spiro atoms. The minimum absolute atomic E-state index is 0.0772. The quantitative estimate of drug-likeness (QED) is 0.671. The summed E-state index contributed by atoms with van der Waals surface area (Å²) in [5, 5.41) is 13.7. The zero-order valence-electron chi connectivity index (χ0n) is 17.1. The Morgan fingerprint density at radius 2 is 1.90 bits per heavy atom. The summed E-state index contributed by atoms with van der Waals surface area (Å²) < 4.78 is 6.99. The van der Waals surface area contributed by atoms with Crippen LogP contribution in [-0.2, 0) is 4.74 Å². The molecule has 8 nitrogen and oxygen atoms in total. The molecule has 1 atom stereocenters. The molecule has 30 heavy (non-hydrogen) atoms. The van der Waals surface area contributed by atoms with Gasteiger partial charge in [0.25, 0.3) is 0 Å². The number of benzene rings is 1. The van der Waals surface area contributed by atoms with Gasteiger partial charge in [-0.3, -0.25) is 0 Å². The Labute approximate surface area is 175 Å². The number of carbonyl (C=O) groups excluding carboxylic acids is 1. The van der Waals surface area contributed by atoms with E-state index in [0.717, 1.165) is 41.0 Å². The molecule has 0 bridgehead atoms. The van der Waals surface area contributed by atoms with Gasteiger partial charge >= 0.3 is 6.09 Å². The average Bonchev–Trinajstić information content (AvgIpc) is 3.23. The highest BCUT2D eigenvalue weighted by atomic mass is 16.6. The van der Waals surface area contributed by atoms with Crippen molar-refractivity contribution < 1.29 is 14.6 Å². The summed E-state index contributed by atoms with van der Waals surface area (Å²) in [6.07, 6.45) is 3.56. The zero-order chi connectivity index (χ0) is 21.1. The largest absolute Gasteiger partial charge is 0.450 e. The van der Waals surface area contributed by atoms with Gasteiger partial charge in [-0.15, -0.1) is 0 Å². The number of nitrogens with two attached hydrogens (primary N) is 1. The van der Waals surface area contributed by atoms with Crippen LogP contribution in [0.3, 0.4) is 0 Å². The van der Waals surface area contributed by atoms with E-state index in [4.69, 9.17) is 10.5 Å². The van der Waals surface area contributed by atoms with Crippen LogP contribution in [0.2, 0.25) is 0 Å². The molecule has 0 radical (unpaired) electrons. The van der Waals surface area contributed by atoms with Gasteiger partial charge in [0.15, 0.2) is 0 Å². The van der Waals surface area contributed by atoms with Gasteiger partial charge in [-0.2, -0.15) is 5.10 Å². The Bertz CT molecular complexity index is 1010. The molecule has 3 aromatic rings. The Kier molecular flexibility index (Phi) is 5.87. The molecule has 1 aromatic carbocycles. The van der Waals surface area contributed by atoms with Crippen molar-refractivity contribution in [3.8, 4) is 11.1 Å². The van der Waals surface area contributed by atoms with E-state index >= 15 is 0 Å². The number of rotatable bonds is 5. The second-order valence-electron chi connectivity index (χ2n) is 7.36. The van der Waals surface area contributed by atoms with Gasteiger partial charge in [-0.25, -0.2) is 9.31 Å². The van der Waals surface area contributed by atoms with E-state index in [2.05, 4.69) is 16.1 Å². The number of fused-ring (bicyclic) bond motifs is 1. The summed E-state index contributed by atoms with van der Waals surface area (Å²) in [5.74, 6) is 0. The lowest BCUT2D eigenvalue weighted by molar-refractivity contribution is 0.105. The molecule has 158 valence electrons. The number of aliphatic hydroxyl groups excluding tert-OH is 1. The number of aliphatic hydroxyl groups is 1. The summed E-state index contributed by atoms with van der Waals surface area (Å²) in [6, 6.07) is 11.7. The van der Waals surface area contributed by atoms with Gasteiger partial charge in [0, 0.05) is 44.1 Å². The van der Waals surface area contributed by atoms with Crippen LogP contribution in [0.1, 0.15) is 18.5 Å². The summed E-state index contributed by atoms with van der Waals surface area (Å²) in [6.45, 7) is 4.89. The van der Waals surface area contributed by atoms with Crippen LogP contribution in [0, 0.1) is 0 Å². The highest BCUT2D eigenvalue weighted by molar-refractivity contribution is 5.80. The Balaban J connectivity index is 1.55. The molecule has 0 aliphatic carbocycles. The first-order valence-electron chi connectivity index (χ1n) is 10.2. The van der Waals surface area contributed by atoms with E-state index in [9.17, 15) is 9.90 Å². The smallest absolute Gasteiger partial charge is 0.409 e. The summed E-state index contributed by atoms with van der Waals surface area (Å²) >= 11 is 0. The van der Waals surface area contributed by atoms with E-state index in [0.29, 0.717) is 19.7 Å². The molecule has 1 amide bonds. The Morgan fingerprint density at radius 1 is 1.17 bits per heavy atom. The molecule has 1 saturated heterocycles. The number of carbonyl (C=O) groups is 1. The van der Waals surface area contributed by atoms with Crippen LogP contribution in [0.4, 0.5) is 10.5 Å². The van der Waals surface area contributed by atoms with Crippen LogP contribution in [0.5, 0.6) is 0 Å². The molecule has 1 fully saturated rings. The maximum Gasteiger partial charge on any atom is 0.409 e. The average molecular weight is 409 g/mol. The highest BCUT2D eigenvalue weighted by Crippen LogP contribution is 2.29. The molecule has 3 N–H and O–H groups in total. The van der Waals surface area contributed by atoms with Crippen molar-refractivity contribution in [2.45, 2.75) is 13.0 Å². The van der Waals surface area contributed by atoms with E-state index in [1.54, 1.807) is 11.1 Å². The number of hydrogen-bond acceptors (Lipinski definition) is 6. The van der Waals surface area contributed by atoms with Crippen LogP contribution in [0.25, 0.3) is 16.6 Å². The molecule has 8 heteroatoms. The molecule has 1 aliphatic heterocycles. The third-order valence-corrected chi connectivity index (χ3v) is 5.50. The second kappa shape index (κ2) is 8.73. The van der Waals surface area contributed by atoms with E-state index in [1.165, 1.54) is 0 Å². The predicted molar refractivity (Wildman–Crippen MR) is 115 cm³/mol. The molecule has 3 heterocycles. The topological polar surface area (TPSA) is 96.3 Å². The van der Waals surface area contributed by atoms with Crippen molar-refractivity contribution in [1.82, 2.24) is 14.5 Å². The molecule has 1 aliphatic rings. The first kappa shape index (κ1) is 20.2. The number of aromatic nitrogens is 2. The minimum atomic E-state index is -0.367. The first-order valence-corrected chi connectivity index (χ1v) is 10.2. The SMILES string of the molecule is CCOC(=O)N1CCN(c2ccnn3cc(-c4ccc([C@@H](N)CO)cc4)cc23)CC1. The summed E-state index contributed by atoms with van der Waals surface area (Å²) in [4.78, 5) is 16.0. The summed E-state index contributed by atoms with van der Waals surface area (Å²) in [5.41, 5.74) is 11.0. The molecule has 2 aromatic heterocycles. The third-order valence-electron chi connectivity index (χ3n) is 5.50. The van der Waals surface area contributed by atoms with Gasteiger partial charge in [-0.05, 0) is 30.2 Å². The van der Waals surface area contributed by atoms with Crippen LogP contribution < -0.4 is 10.6 Å². The second-order valence-corrected chi connectivity index (χ2v) is 7.36. The van der Waals surface area contributed by atoms with Crippen molar-refractivity contribution in [2.75, 3.05) is 44.3 Å². The molecular weight excluding hydrogens is 382 g/mol. The first-order chi connectivity index (χ1) is 14.6. The number of ether oxygens (including phenoxy) is 1. The molecule has 0 unspecified atom stereocenters. The van der Waals surface area contributed by atoms with Gasteiger partial charge < -0.3 is 25.4 Å². The monoisotopic (exact) mass is 409 g/mol. The lowest BCUT2D eigenvalue weighted by Crippen LogP contribution is -2.49. The molecule has 4 rings (SSSR count). The highest BCUT2D eigenvalue weighted by Gasteiger charge is 2.23. The maximum absolute atomic E-state index is 11.9. The van der Waals surface area contributed by atoms with Crippen molar-refractivity contribution >= 4 is 17.3 Å². The van der Waals surface area contributed by atoms with Crippen molar-refractivity contribution in [2.24, 2.45) is 5.73 Å². The fraction of sp³-hybridized carbons (Fsp3) is 0.364. The van der Waals surface area contributed by atoms with Crippen LogP contribution in [0.15, 0.2) is 48.8 Å². The van der Waals surface area contributed by atoms with Crippen LogP contribution >= 0.6 is 0 Å². The fourth-order valence-corrected chi connectivity index (χ4v) is 3.80. The molecular formula is C22H27N5O3. The van der Waals surface area contributed by atoms with E-state index in [-0.39, 0.29) is 18.7 Å². The van der Waals surface area contributed by atoms with E-state index in [1.807, 2.05) is 48.0 Å². The standard InChI is InChI=1S/C22H27N5O3/c1-2-30-22(29)26-11-9-25(10-12-26)20-7-8-24-27-14-18(13-21(20)27)16-3-5-17(6-4-16)19(23)15-28/h3-8,13-14,19,28H,2,9-12,15,23H2,1H3/t19-/m0/s1. The van der Waals surface area contributed by atoms with E-state index < -0.39 is 0 Å². The van der Waals surface area contributed by atoms with Gasteiger partial charge in [0.05, 0.1) is 30.5 Å². The Morgan fingerprint density at radius 3 is 2.57 bits per heavy atom. The molecule has 0 saturated carbocycles. The number of amides is 1. The zero-order valence-corrected chi connectivity index (χ0v) is 17.1. The van der Waals surface area contributed by atoms with Crippen molar-refractivity contribution in [1.29, 1.82) is 0 Å². The number of hydrogen-bond donors (Lipinski definition) is 2.